The Morgan fingerprint density at radius 3 is 2.65 bits per heavy atom. The van der Waals surface area contributed by atoms with Crippen molar-refractivity contribution in [2.24, 2.45) is 0 Å². The number of ether oxygens (including phenoxy) is 1. The quantitative estimate of drug-likeness (QED) is 0.675. The van der Waals surface area contributed by atoms with Crippen LogP contribution in [-0.2, 0) is 4.79 Å². The molecule has 0 saturated carbocycles. The number of carbonyl (C=O) groups is 2. The third kappa shape index (κ3) is 4.15. The SMILES string of the molecule is CCCNC(=O)C(C)NC(=O)c1ccc(OC)cc1N. The zero-order chi connectivity index (χ0) is 15.1. The maximum atomic E-state index is 12.0. The van der Waals surface area contributed by atoms with Crippen LogP contribution in [0.2, 0.25) is 0 Å². The molecule has 1 atom stereocenters. The highest BCUT2D eigenvalue weighted by Crippen LogP contribution is 2.19. The zero-order valence-electron chi connectivity index (χ0n) is 12.0. The lowest BCUT2D eigenvalue weighted by Crippen LogP contribution is -2.45. The van der Waals surface area contributed by atoms with Crippen molar-refractivity contribution in [3.05, 3.63) is 23.8 Å². The molecule has 0 spiro atoms. The molecule has 1 aromatic rings. The topological polar surface area (TPSA) is 93.5 Å². The molecular weight excluding hydrogens is 258 g/mol. The predicted molar refractivity (Wildman–Crippen MR) is 77.6 cm³/mol. The van der Waals surface area contributed by atoms with Gasteiger partial charge >= 0.3 is 0 Å². The average Bonchev–Trinajstić information content (AvgIpc) is 2.44. The first-order valence-corrected chi connectivity index (χ1v) is 6.51. The van der Waals surface area contributed by atoms with Crippen molar-refractivity contribution < 1.29 is 14.3 Å². The molecule has 2 amide bonds. The van der Waals surface area contributed by atoms with Crippen LogP contribution < -0.4 is 21.1 Å². The van der Waals surface area contributed by atoms with Gasteiger partial charge in [0.2, 0.25) is 5.91 Å². The molecule has 0 aromatic heterocycles. The summed E-state index contributed by atoms with van der Waals surface area (Å²) < 4.78 is 5.02. The fourth-order valence-corrected chi connectivity index (χ4v) is 1.62. The molecule has 4 N–H and O–H groups in total. The van der Waals surface area contributed by atoms with Crippen molar-refractivity contribution >= 4 is 17.5 Å². The number of anilines is 1. The summed E-state index contributed by atoms with van der Waals surface area (Å²) in [5.41, 5.74) is 6.42. The van der Waals surface area contributed by atoms with E-state index < -0.39 is 6.04 Å². The number of rotatable bonds is 6. The summed E-state index contributed by atoms with van der Waals surface area (Å²) in [6.45, 7) is 4.17. The molecule has 0 saturated heterocycles. The number of nitrogens with one attached hydrogen (secondary N) is 2. The molecule has 0 radical (unpaired) electrons. The van der Waals surface area contributed by atoms with Gasteiger partial charge in [-0.3, -0.25) is 9.59 Å². The summed E-state index contributed by atoms with van der Waals surface area (Å²) in [5.74, 6) is -0.0237. The lowest BCUT2D eigenvalue weighted by Gasteiger charge is -2.15. The van der Waals surface area contributed by atoms with Gasteiger partial charge in [0.1, 0.15) is 11.8 Å². The smallest absolute Gasteiger partial charge is 0.254 e. The molecule has 0 fully saturated rings. The second kappa shape index (κ2) is 7.37. The number of carbonyl (C=O) groups excluding carboxylic acids is 2. The van der Waals surface area contributed by atoms with E-state index in [1.165, 1.54) is 7.11 Å². The molecule has 20 heavy (non-hydrogen) atoms. The zero-order valence-corrected chi connectivity index (χ0v) is 12.0. The van der Waals surface area contributed by atoms with Gasteiger partial charge in [-0.05, 0) is 25.5 Å². The number of methoxy groups -OCH3 is 1. The summed E-state index contributed by atoms with van der Waals surface area (Å²) >= 11 is 0. The maximum Gasteiger partial charge on any atom is 0.254 e. The van der Waals surface area contributed by atoms with Gasteiger partial charge in [-0.1, -0.05) is 6.92 Å². The molecular formula is C14H21N3O3. The van der Waals surface area contributed by atoms with Crippen LogP contribution in [0.3, 0.4) is 0 Å². The van der Waals surface area contributed by atoms with Gasteiger partial charge in [-0.25, -0.2) is 0 Å². The van der Waals surface area contributed by atoms with E-state index in [0.29, 0.717) is 23.5 Å². The minimum absolute atomic E-state index is 0.215. The molecule has 0 bridgehead atoms. The first-order valence-electron chi connectivity index (χ1n) is 6.51. The third-order valence-corrected chi connectivity index (χ3v) is 2.79. The second-order valence-corrected chi connectivity index (χ2v) is 4.44. The Labute approximate surface area is 118 Å². The van der Waals surface area contributed by atoms with Crippen molar-refractivity contribution in [2.45, 2.75) is 26.3 Å². The molecule has 0 aliphatic heterocycles. The van der Waals surface area contributed by atoms with Gasteiger partial charge in [0.25, 0.3) is 5.91 Å². The number of amides is 2. The number of hydrogen-bond acceptors (Lipinski definition) is 4. The summed E-state index contributed by atoms with van der Waals surface area (Å²) in [5, 5.41) is 5.33. The van der Waals surface area contributed by atoms with Gasteiger partial charge in [0, 0.05) is 18.3 Å². The Balaban J connectivity index is 2.69. The van der Waals surface area contributed by atoms with Crippen LogP contribution >= 0.6 is 0 Å². The molecule has 1 aromatic carbocycles. The third-order valence-electron chi connectivity index (χ3n) is 2.79. The second-order valence-electron chi connectivity index (χ2n) is 4.44. The fraction of sp³-hybridized carbons (Fsp3) is 0.429. The van der Waals surface area contributed by atoms with Crippen molar-refractivity contribution in [1.29, 1.82) is 0 Å². The Bertz CT molecular complexity index is 489. The van der Waals surface area contributed by atoms with Crippen LogP contribution in [0, 0.1) is 0 Å². The normalized spacial score (nSPS) is 11.6. The monoisotopic (exact) mass is 279 g/mol. The highest BCUT2D eigenvalue weighted by Gasteiger charge is 2.17. The first-order chi connectivity index (χ1) is 9.49. The lowest BCUT2D eigenvalue weighted by molar-refractivity contribution is -0.122. The standard InChI is InChI=1S/C14H21N3O3/c1-4-7-16-13(18)9(2)17-14(19)11-6-5-10(20-3)8-12(11)15/h5-6,8-9H,4,7,15H2,1-3H3,(H,16,18)(H,17,19). The number of nitrogen functional groups attached to an aromatic ring is 1. The Kier molecular flexibility index (Phi) is 5.83. The largest absolute Gasteiger partial charge is 0.497 e. The van der Waals surface area contributed by atoms with E-state index in [-0.39, 0.29) is 11.8 Å². The molecule has 6 nitrogen and oxygen atoms in total. The van der Waals surface area contributed by atoms with Gasteiger partial charge < -0.3 is 21.1 Å². The van der Waals surface area contributed by atoms with E-state index in [2.05, 4.69) is 10.6 Å². The predicted octanol–water partition coefficient (Wildman–Crippen LogP) is 0.922. The summed E-state index contributed by atoms with van der Waals surface area (Å²) in [4.78, 5) is 23.7. The van der Waals surface area contributed by atoms with Gasteiger partial charge in [0.05, 0.1) is 12.7 Å². The summed E-state index contributed by atoms with van der Waals surface area (Å²) in [7, 11) is 1.52. The van der Waals surface area contributed by atoms with Crippen LogP contribution in [-0.4, -0.2) is 31.5 Å². The van der Waals surface area contributed by atoms with Crippen LogP contribution in [0.25, 0.3) is 0 Å². The van der Waals surface area contributed by atoms with Crippen LogP contribution in [0.4, 0.5) is 5.69 Å². The molecule has 1 rings (SSSR count). The highest BCUT2D eigenvalue weighted by molar-refractivity contribution is 6.01. The number of benzene rings is 1. The molecule has 0 aliphatic rings. The Morgan fingerprint density at radius 1 is 1.40 bits per heavy atom. The molecule has 0 heterocycles. The summed E-state index contributed by atoms with van der Waals surface area (Å²) in [6.07, 6.45) is 0.845. The van der Waals surface area contributed by atoms with E-state index in [4.69, 9.17) is 10.5 Å². The molecule has 110 valence electrons. The van der Waals surface area contributed by atoms with Gasteiger partial charge in [0.15, 0.2) is 0 Å². The Hall–Kier alpha value is -2.24. The highest BCUT2D eigenvalue weighted by atomic mass is 16.5. The van der Waals surface area contributed by atoms with Crippen LogP contribution in [0.5, 0.6) is 5.75 Å². The van der Waals surface area contributed by atoms with Crippen LogP contribution in [0.1, 0.15) is 30.6 Å². The minimum Gasteiger partial charge on any atom is -0.497 e. The minimum atomic E-state index is -0.615. The average molecular weight is 279 g/mol. The molecule has 0 aliphatic carbocycles. The fourth-order valence-electron chi connectivity index (χ4n) is 1.62. The Morgan fingerprint density at radius 2 is 2.10 bits per heavy atom. The number of nitrogens with two attached hydrogens (primary N) is 1. The van der Waals surface area contributed by atoms with Crippen molar-refractivity contribution in [2.75, 3.05) is 19.4 Å². The molecule has 6 heteroatoms. The van der Waals surface area contributed by atoms with Crippen molar-refractivity contribution in [3.8, 4) is 5.75 Å². The summed E-state index contributed by atoms with van der Waals surface area (Å²) in [6, 6.07) is 4.17. The lowest BCUT2D eigenvalue weighted by atomic mass is 10.1. The van der Waals surface area contributed by atoms with Crippen molar-refractivity contribution in [3.63, 3.8) is 0 Å². The van der Waals surface area contributed by atoms with E-state index in [1.54, 1.807) is 25.1 Å². The number of hydrogen-bond donors (Lipinski definition) is 3. The van der Waals surface area contributed by atoms with E-state index in [1.807, 2.05) is 6.92 Å². The maximum absolute atomic E-state index is 12.0. The molecule has 1 unspecified atom stereocenters. The van der Waals surface area contributed by atoms with Crippen molar-refractivity contribution in [1.82, 2.24) is 10.6 Å². The van der Waals surface area contributed by atoms with E-state index >= 15 is 0 Å². The van der Waals surface area contributed by atoms with Crippen LogP contribution in [0.15, 0.2) is 18.2 Å². The van der Waals surface area contributed by atoms with Gasteiger partial charge in [-0.2, -0.15) is 0 Å². The van der Waals surface area contributed by atoms with E-state index in [9.17, 15) is 9.59 Å². The van der Waals surface area contributed by atoms with Gasteiger partial charge in [-0.15, -0.1) is 0 Å². The van der Waals surface area contributed by atoms with E-state index in [0.717, 1.165) is 6.42 Å². The first kappa shape index (κ1) is 15.8.